The second-order valence-corrected chi connectivity index (χ2v) is 7.74. The molecule has 1 aromatic carbocycles. The number of carbonyl (C=O) groups excluding carboxylic acids is 1. The van der Waals surface area contributed by atoms with E-state index in [1.54, 1.807) is 0 Å². The lowest BCUT2D eigenvalue weighted by Crippen LogP contribution is -2.41. The molecule has 2 heterocycles. The molecule has 0 atom stereocenters. The Bertz CT molecular complexity index is 702. The van der Waals surface area contributed by atoms with Crippen LogP contribution >= 0.6 is 0 Å². The van der Waals surface area contributed by atoms with Crippen molar-refractivity contribution in [1.29, 1.82) is 0 Å². The first-order valence-electron chi connectivity index (χ1n) is 11.1. The fraction of sp³-hybridized carbons (Fsp3) is 0.591. The Morgan fingerprint density at radius 1 is 0.875 bits per heavy atom. The number of hydrogen-bond donors (Lipinski definition) is 4. The van der Waals surface area contributed by atoms with E-state index in [9.17, 15) is 4.79 Å². The molecule has 10 nitrogen and oxygen atoms in total. The van der Waals surface area contributed by atoms with Crippen molar-refractivity contribution in [2.45, 2.75) is 25.7 Å². The van der Waals surface area contributed by atoms with Gasteiger partial charge in [0, 0.05) is 50.6 Å². The maximum absolute atomic E-state index is 12.1. The normalized spacial score (nSPS) is 16.9. The molecule has 0 aliphatic carbocycles. The number of carboxylic acid groups (broad SMARTS) is 2. The van der Waals surface area contributed by atoms with Gasteiger partial charge >= 0.3 is 11.9 Å². The molecular weight excluding hydrogens is 416 g/mol. The van der Waals surface area contributed by atoms with Gasteiger partial charge in [0.15, 0.2) is 0 Å². The van der Waals surface area contributed by atoms with E-state index in [1.165, 1.54) is 31.4 Å². The lowest BCUT2D eigenvalue weighted by atomic mass is 10.2. The summed E-state index contributed by atoms with van der Waals surface area (Å²) in [6.45, 7) is 7.99. The molecule has 0 bridgehead atoms. The summed E-state index contributed by atoms with van der Waals surface area (Å²) in [5.74, 6) is -3.64. The third-order valence-corrected chi connectivity index (χ3v) is 5.30. The van der Waals surface area contributed by atoms with Gasteiger partial charge in [-0.2, -0.15) is 0 Å². The number of aliphatic carboxylic acids is 2. The molecule has 0 spiro atoms. The van der Waals surface area contributed by atoms with Crippen LogP contribution in [0.3, 0.4) is 0 Å². The topological polar surface area (TPSA) is 131 Å². The minimum Gasteiger partial charge on any atom is -0.473 e. The van der Waals surface area contributed by atoms with Crippen LogP contribution in [0.1, 0.15) is 25.7 Å². The number of rotatable bonds is 7. The van der Waals surface area contributed by atoms with Crippen molar-refractivity contribution in [3.8, 4) is 0 Å². The SMILES string of the molecule is O=C(CNCCN1CCOCC1)Nc1ccc(N2CCCCCC2)cc1.O=C(O)C(=O)O. The lowest BCUT2D eigenvalue weighted by Gasteiger charge is -2.26. The van der Waals surface area contributed by atoms with E-state index < -0.39 is 11.9 Å². The van der Waals surface area contributed by atoms with Crippen LogP contribution in [0.25, 0.3) is 0 Å². The summed E-state index contributed by atoms with van der Waals surface area (Å²) in [6.07, 6.45) is 5.22. The summed E-state index contributed by atoms with van der Waals surface area (Å²) in [6, 6.07) is 8.25. The van der Waals surface area contributed by atoms with Gasteiger partial charge < -0.3 is 30.5 Å². The van der Waals surface area contributed by atoms with E-state index in [0.29, 0.717) is 6.54 Å². The van der Waals surface area contributed by atoms with Crippen LogP contribution in [0.5, 0.6) is 0 Å². The van der Waals surface area contributed by atoms with Crippen LogP contribution in [0, 0.1) is 0 Å². The Kier molecular flexibility index (Phi) is 11.5. The monoisotopic (exact) mass is 450 g/mol. The van der Waals surface area contributed by atoms with E-state index in [0.717, 1.165) is 58.2 Å². The number of morpholine rings is 1. The van der Waals surface area contributed by atoms with Gasteiger partial charge in [-0.1, -0.05) is 12.8 Å². The summed E-state index contributed by atoms with van der Waals surface area (Å²) in [5.41, 5.74) is 2.12. The molecule has 0 aromatic heterocycles. The fourth-order valence-corrected chi connectivity index (χ4v) is 3.55. The minimum absolute atomic E-state index is 0.00880. The predicted octanol–water partition coefficient (Wildman–Crippen LogP) is 1.08. The number of hydrogen-bond acceptors (Lipinski definition) is 7. The van der Waals surface area contributed by atoms with Crippen molar-refractivity contribution < 1.29 is 29.3 Å². The number of anilines is 2. The minimum atomic E-state index is -1.82. The van der Waals surface area contributed by atoms with Gasteiger partial charge in [0.2, 0.25) is 5.91 Å². The molecule has 3 rings (SSSR count). The highest BCUT2D eigenvalue weighted by Crippen LogP contribution is 2.21. The molecule has 0 saturated carbocycles. The van der Waals surface area contributed by atoms with Crippen molar-refractivity contribution in [2.75, 3.05) is 69.2 Å². The summed E-state index contributed by atoms with van der Waals surface area (Å²) in [7, 11) is 0. The zero-order chi connectivity index (χ0) is 23.2. The van der Waals surface area contributed by atoms with Crippen LogP contribution in [0.4, 0.5) is 11.4 Å². The first-order valence-corrected chi connectivity index (χ1v) is 11.1. The van der Waals surface area contributed by atoms with Crippen LogP contribution < -0.4 is 15.5 Å². The maximum atomic E-state index is 12.1. The molecule has 178 valence electrons. The first-order chi connectivity index (χ1) is 15.5. The molecule has 4 N–H and O–H groups in total. The Hall–Kier alpha value is -2.69. The number of carbonyl (C=O) groups is 3. The molecule has 32 heavy (non-hydrogen) atoms. The average Bonchev–Trinajstić information content (AvgIpc) is 3.08. The Labute approximate surface area is 188 Å². The quantitative estimate of drug-likeness (QED) is 0.356. The second-order valence-electron chi connectivity index (χ2n) is 7.74. The standard InChI is InChI=1S/C20H32N4O2.C2H2O4/c25-20(17-21-9-12-23-13-15-26-16-14-23)22-18-5-7-19(8-6-18)24-10-3-1-2-4-11-24;3-1(4)2(5)6/h5-8,21H,1-4,9-17H2,(H,22,25);(H,3,4)(H,5,6). The molecular formula is C22H34N4O6. The second kappa shape index (κ2) is 14.4. The Morgan fingerprint density at radius 3 is 2.03 bits per heavy atom. The number of nitrogens with zero attached hydrogens (tertiary/aromatic N) is 2. The molecule has 2 aliphatic rings. The van der Waals surface area contributed by atoms with Crippen LogP contribution in [0.15, 0.2) is 24.3 Å². The highest BCUT2D eigenvalue weighted by molar-refractivity contribution is 6.27. The van der Waals surface area contributed by atoms with Gasteiger partial charge in [-0.05, 0) is 37.1 Å². The predicted molar refractivity (Wildman–Crippen MR) is 121 cm³/mol. The largest absolute Gasteiger partial charge is 0.473 e. The molecule has 0 unspecified atom stereocenters. The third kappa shape index (κ3) is 10.1. The van der Waals surface area contributed by atoms with Crippen LogP contribution in [0.2, 0.25) is 0 Å². The van der Waals surface area contributed by atoms with Crippen molar-refractivity contribution in [2.24, 2.45) is 0 Å². The van der Waals surface area contributed by atoms with Gasteiger partial charge in [0.05, 0.1) is 19.8 Å². The number of nitrogens with one attached hydrogen (secondary N) is 2. The Balaban J connectivity index is 0.000000534. The molecule has 10 heteroatoms. The molecule has 1 aromatic rings. The molecule has 2 saturated heterocycles. The fourth-order valence-electron chi connectivity index (χ4n) is 3.55. The molecule has 0 radical (unpaired) electrons. The van der Waals surface area contributed by atoms with Gasteiger partial charge in [-0.3, -0.25) is 9.69 Å². The van der Waals surface area contributed by atoms with Gasteiger partial charge in [-0.25, -0.2) is 9.59 Å². The summed E-state index contributed by atoms with van der Waals surface area (Å²) >= 11 is 0. The van der Waals surface area contributed by atoms with Crippen molar-refractivity contribution in [1.82, 2.24) is 10.2 Å². The highest BCUT2D eigenvalue weighted by atomic mass is 16.5. The van der Waals surface area contributed by atoms with Crippen LogP contribution in [-0.4, -0.2) is 92.0 Å². The number of benzene rings is 1. The van der Waals surface area contributed by atoms with E-state index >= 15 is 0 Å². The number of amides is 1. The molecule has 2 fully saturated rings. The van der Waals surface area contributed by atoms with Crippen molar-refractivity contribution in [3.63, 3.8) is 0 Å². The molecule has 1 amide bonds. The lowest BCUT2D eigenvalue weighted by molar-refractivity contribution is -0.159. The first kappa shape index (κ1) is 25.6. The smallest absolute Gasteiger partial charge is 0.414 e. The Morgan fingerprint density at radius 2 is 1.47 bits per heavy atom. The summed E-state index contributed by atoms with van der Waals surface area (Å²) < 4.78 is 5.33. The van der Waals surface area contributed by atoms with E-state index in [2.05, 4.69) is 32.6 Å². The van der Waals surface area contributed by atoms with E-state index in [4.69, 9.17) is 24.5 Å². The van der Waals surface area contributed by atoms with Gasteiger partial charge in [-0.15, -0.1) is 0 Å². The molecule has 2 aliphatic heterocycles. The maximum Gasteiger partial charge on any atom is 0.414 e. The number of carboxylic acids is 2. The zero-order valence-electron chi connectivity index (χ0n) is 18.4. The van der Waals surface area contributed by atoms with E-state index in [-0.39, 0.29) is 5.91 Å². The third-order valence-electron chi connectivity index (χ3n) is 5.30. The van der Waals surface area contributed by atoms with E-state index in [1.807, 2.05) is 12.1 Å². The van der Waals surface area contributed by atoms with Gasteiger partial charge in [0.1, 0.15) is 0 Å². The van der Waals surface area contributed by atoms with Crippen LogP contribution in [-0.2, 0) is 19.1 Å². The van der Waals surface area contributed by atoms with Gasteiger partial charge in [0.25, 0.3) is 0 Å². The summed E-state index contributed by atoms with van der Waals surface area (Å²) in [5, 5.41) is 21.0. The highest BCUT2D eigenvalue weighted by Gasteiger charge is 2.11. The summed E-state index contributed by atoms with van der Waals surface area (Å²) in [4.78, 5) is 35.1. The zero-order valence-corrected chi connectivity index (χ0v) is 18.4. The number of ether oxygens (including phenoxy) is 1. The van der Waals surface area contributed by atoms with Crippen molar-refractivity contribution >= 4 is 29.2 Å². The average molecular weight is 451 g/mol. The van der Waals surface area contributed by atoms with Crippen molar-refractivity contribution in [3.05, 3.63) is 24.3 Å².